The minimum atomic E-state index is -1.92. The Labute approximate surface area is 72.6 Å². The Morgan fingerprint density at radius 2 is 1.33 bits per heavy atom. The number of rotatable bonds is 0. The van der Waals surface area contributed by atoms with Gasteiger partial charge in [0.15, 0.2) is 0 Å². The molecule has 0 amide bonds. The first-order valence-electron chi connectivity index (χ1n) is 2.23. The zero-order valence-corrected chi connectivity index (χ0v) is 8.35. The second-order valence-corrected chi connectivity index (χ2v) is 8.91. The quantitative estimate of drug-likeness (QED) is 0.463. The molecule has 0 saturated carbocycles. The van der Waals surface area contributed by atoms with E-state index in [-0.39, 0.29) is 0 Å². The van der Waals surface area contributed by atoms with E-state index in [2.05, 4.69) is 0 Å². The van der Waals surface area contributed by atoms with E-state index in [1.807, 2.05) is 30.3 Å². The first-order chi connectivity index (χ1) is 4.23. The molecule has 0 spiro atoms. The maximum Gasteiger partial charge on any atom is -0.172 e. The fraction of sp³-hybridized carbons (Fsp3) is 0. The van der Waals surface area contributed by atoms with Gasteiger partial charge in [0.25, 0.3) is 0 Å². The van der Waals surface area contributed by atoms with Gasteiger partial charge in [0.2, 0.25) is 0 Å². The van der Waals surface area contributed by atoms with Crippen LogP contribution in [0.5, 0.6) is 0 Å². The molecule has 0 aliphatic rings. The summed E-state index contributed by atoms with van der Waals surface area (Å²) in [5, 5.41) is 0. The van der Waals surface area contributed by atoms with Crippen molar-refractivity contribution in [3.8, 4) is 0 Å². The van der Waals surface area contributed by atoms with Gasteiger partial charge in [-0.1, -0.05) is 0 Å². The Bertz CT molecular complexity index is 95.8. The molecular weight excluding hydrogens is 214 g/mol. The van der Waals surface area contributed by atoms with Gasteiger partial charge in [-0.2, -0.15) is 18.2 Å². The molecule has 4 heteroatoms. The molecule has 9 heavy (non-hydrogen) atoms. The summed E-state index contributed by atoms with van der Waals surface area (Å²) in [6.07, 6.45) is 0. The van der Waals surface area contributed by atoms with Crippen LogP contribution in [0.15, 0.2) is 30.3 Å². The summed E-state index contributed by atoms with van der Waals surface area (Å²) in [5.74, 6) is 0. The molecule has 1 aromatic rings. The molecule has 0 saturated heterocycles. The molecule has 0 aliphatic carbocycles. The van der Waals surface area contributed by atoms with Crippen molar-refractivity contribution in [2.24, 2.45) is 0 Å². The predicted molar refractivity (Wildman–Crippen MR) is 39.6 cm³/mol. The van der Waals surface area contributed by atoms with Crippen LogP contribution in [0.2, 0.25) is 0 Å². The SMILES string of the molecule is [Cl][Ti+]([Cl])[Cl].c1cc[cH-]c1. The zero-order valence-electron chi connectivity index (χ0n) is 4.52. The summed E-state index contributed by atoms with van der Waals surface area (Å²) in [5.41, 5.74) is 0. The van der Waals surface area contributed by atoms with Crippen LogP contribution >= 0.6 is 27.9 Å². The molecule has 0 aromatic heterocycles. The Morgan fingerprint density at radius 3 is 1.44 bits per heavy atom. The van der Waals surface area contributed by atoms with Gasteiger partial charge < -0.3 is 0 Å². The van der Waals surface area contributed by atoms with E-state index in [1.54, 1.807) is 0 Å². The van der Waals surface area contributed by atoms with Crippen molar-refractivity contribution in [2.45, 2.75) is 0 Å². The first kappa shape index (κ1) is 9.93. The maximum absolute atomic E-state index is 4.97. The van der Waals surface area contributed by atoms with Gasteiger partial charge in [0, 0.05) is 0 Å². The zero-order chi connectivity index (χ0) is 7.11. The van der Waals surface area contributed by atoms with Gasteiger partial charge in [-0.3, -0.25) is 0 Å². The number of hydrogen-bond acceptors (Lipinski definition) is 0. The first-order valence-corrected chi connectivity index (χ1v) is 8.68. The summed E-state index contributed by atoms with van der Waals surface area (Å²) in [7, 11) is 14.9. The van der Waals surface area contributed by atoms with Crippen LogP contribution < -0.4 is 0 Å². The molecule has 0 bridgehead atoms. The maximum atomic E-state index is 4.97. The van der Waals surface area contributed by atoms with Crippen molar-refractivity contribution in [1.82, 2.24) is 0 Å². The van der Waals surface area contributed by atoms with Crippen molar-refractivity contribution >= 4 is 27.9 Å². The molecule has 1 rings (SSSR count). The summed E-state index contributed by atoms with van der Waals surface area (Å²) >= 11 is -1.92. The molecule has 0 nitrogen and oxygen atoms in total. The topological polar surface area (TPSA) is 0 Å². The third-order valence-electron chi connectivity index (χ3n) is 0.556. The van der Waals surface area contributed by atoms with E-state index in [1.165, 1.54) is 0 Å². The van der Waals surface area contributed by atoms with Gasteiger partial charge in [0.1, 0.15) is 0 Å². The van der Waals surface area contributed by atoms with Gasteiger partial charge in [-0.05, 0) is 0 Å². The molecular formula is C5H5Cl3Ti. The van der Waals surface area contributed by atoms with E-state index < -0.39 is 14.7 Å². The van der Waals surface area contributed by atoms with E-state index >= 15 is 0 Å². The van der Waals surface area contributed by atoms with Crippen LogP contribution in [0.1, 0.15) is 0 Å². The molecule has 0 radical (unpaired) electrons. The molecule has 0 fully saturated rings. The summed E-state index contributed by atoms with van der Waals surface area (Å²) in [6.45, 7) is 0. The Kier molecular flexibility index (Phi) is 7.78. The van der Waals surface area contributed by atoms with E-state index in [4.69, 9.17) is 27.9 Å². The van der Waals surface area contributed by atoms with Crippen molar-refractivity contribution < 1.29 is 14.7 Å². The third kappa shape index (κ3) is 12.2. The van der Waals surface area contributed by atoms with Crippen LogP contribution in [0.25, 0.3) is 0 Å². The van der Waals surface area contributed by atoms with Crippen molar-refractivity contribution in [2.75, 3.05) is 0 Å². The van der Waals surface area contributed by atoms with Crippen LogP contribution in [0, 0.1) is 0 Å². The van der Waals surface area contributed by atoms with Crippen LogP contribution in [0.3, 0.4) is 0 Å². The van der Waals surface area contributed by atoms with E-state index in [9.17, 15) is 0 Å². The summed E-state index contributed by atoms with van der Waals surface area (Å²) < 4.78 is 0. The van der Waals surface area contributed by atoms with Crippen LogP contribution in [-0.2, 0) is 14.7 Å². The fourth-order valence-corrected chi connectivity index (χ4v) is 0.321. The van der Waals surface area contributed by atoms with Crippen LogP contribution in [-0.4, -0.2) is 0 Å². The van der Waals surface area contributed by atoms with Gasteiger partial charge >= 0.3 is 42.6 Å². The smallest absolute Gasteiger partial charge is 0.172 e. The number of hydrogen-bond donors (Lipinski definition) is 0. The summed E-state index contributed by atoms with van der Waals surface area (Å²) in [6, 6.07) is 10.0. The van der Waals surface area contributed by atoms with Gasteiger partial charge in [0.05, 0.1) is 0 Å². The molecule has 50 valence electrons. The largest absolute Gasteiger partial charge is 0.214 e. The Balaban J connectivity index is 0.000000148. The molecule has 1 aromatic carbocycles. The van der Waals surface area contributed by atoms with Crippen molar-refractivity contribution in [1.29, 1.82) is 0 Å². The van der Waals surface area contributed by atoms with Crippen molar-refractivity contribution in [3.63, 3.8) is 0 Å². The molecule has 0 unspecified atom stereocenters. The second-order valence-electron chi connectivity index (χ2n) is 1.18. The van der Waals surface area contributed by atoms with Gasteiger partial charge in [-0.25, -0.2) is 12.1 Å². The molecule has 0 N–H and O–H groups in total. The van der Waals surface area contributed by atoms with Crippen LogP contribution in [0.4, 0.5) is 0 Å². The average molecular weight is 219 g/mol. The minimum Gasteiger partial charge on any atom is -0.214 e. The normalized spacial score (nSPS) is 7.44. The average Bonchev–Trinajstić information content (AvgIpc) is 2.11. The van der Waals surface area contributed by atoms with E-state index in [0.29, 0.717) is 0 Å². The Morgan fingerprint density at radius 1 is 1.00 bits per heavy atom. The van der Waals surface area contributed by atoms with E-state index in [0.717, 1.165) is 0 Å². The van der Waals surface area contributed by atoms with Gasteiger partial charge in [-0.15, -0.1) is 0 Å². The molecule has 0 atom stereocenters. The van der Waals surface area contributed by atoms with Crippen molar-refractivity contribution in [3.05, 3.63) is 30.3 Å². The Hall–Kier alpha value is 0.934. The minimum absolute atomic E-state index is 1.92. The standard InChI is InChI=1S/C5H5.3ClH.Ti/c1-2-4-5-3-1;;;;/h1-5H;3*1H;/q-1;;;;+4/p-3. The predicted octanol–water partition coefficient (Wildman–Crippen LogP) is 3.47. The second kappa shape index (κ2) is 7.05. The third-order valence-corrected chi connectivity index (χ3v) is 0.556. The molecule has 0 heterocycles. The fourth-order valence-electron chi connectivity index (χ4n) is 0.321. The number of halogens is 3. The monoisotopic (exact) mass is 218 g/mol. The molecule has 0 aliphatic heterocycles. The summed E-state index contributed by atoms with van der Waals surface area (Å²) in [4.78, 5) is 0.